The predicted molar refractivity (Wildman–Crippen MR) is 72.0 cm³/mol. The molecule has 1 aromatic rings. The number of hydrogen-bond donors (Lipinski definition) is 2. The molecule has 4 heteroatoms. The van der Waals surface area contributed by atoms with Gasteiger partial charge in [0.2, 0.25) is 5.91 Å². The molecule has 0 fully saturated rings. The third-order valence-electron chi connectivity index (χ3n) is 2.52. The fourth-order valence-electron chi connectivity index (χ4n) is 1.54. The monoisotopic (exact) mass is 250 g/mol. The Hall–Kier alpha value is -1.39. The molecule has 1 aromatic carbocycles. The highest BCUT2D eigenvalue weighted by molar-refractivity contribution is 5.75. The van der Waals surface area contributed by atoms with Gasteiger partial charge < -0.3 is 15.8 Å². The van der Waals surface area contributed by atoms with Gasteiger partial charge in [0.25, 0.3) is 0 Å². The van der Waals surface area contributed by atoms with Crippen LogP contribution in [-0.4, -0.2) is 25.6 Å². The van der Waals surface area contributed by atoms with Crippen molar-refractivity contribution in [3.05, 3.63) is 35.9 Å². The van der Waals surface area contributed by atoms with Crippen molar-refractivity contribution in [2.24, 2.45) is 5.73 Å². The Morgan fingerprint density at radius 1 is 1.22 bits per heavy atom. The van der Waals surface area contributed by atoms with Crippen molar-refractivity contribution in [3.63, 3.8) is 0 Å². The molecule has 0 bridgehead atoms. The van der Waals surface area contributed by atoms with E-state index in [1.165, 1.54) is 5.56 Å². The average molecular weight is 250 g/mol. The van der Waals surface area contributed by atoms with Gasteiger partial charge in [-0.25, -0.2) is 0 Å². The lowest BCUT2D eigenvalue weighted by molar-refractivity contribution is -0.120. The number of hydrogen-bond acceptors (Lipinski definition) is 3. The molecular formula is C14H22N2O2. The molecule has 0 atom stereocenters. The molecule has 0 radical (unpaired) electrons. The van der Waals surface area contributed by atoms with E-state index in [0.717, 1.165) is 19.4 Å². The van der Waals surface area contributed by atoms with Gasteiger partial charge in [0.05, 0.1) is 6.61 Å². The minimum atomic E-state index is 0.0303. The molecule has 18 heavy (non-hydrogen) atoms. The molecule has 1 amide bonds. The molecule has 0 aromatic heterocycles. The lowest BCUT2D eigenvalue weighted by atomic mass is 10.2. The zero-order valence-corrected chi connectivity index (χ0v) is 10.7. The Morgan fingerprint density at radius 2 is 2.00 bits per heavy atom. The first kappa shape index (κ1) is 14.7. The summed E-state index contributed by atoms with van der Waals surface area (Å²) in [7, 11) is 0. The van der Waals surface area contributed by atoms with Crippen LogP contribution in [0.2, 0.25) is 0 Å². The van der Waals surface area contributed by atoms with Crippen LogP contribution in [0.3, 0.4) is 0 Å². The largest absolute Gasteiger partial charge is 0.377 e. The molecule has 0 unspecified atom stereocenters. The maximum Gasteiger partial charge on any atom is 0.221 e. The molecule has 0 saturated carbocycles. The van der Waals surface area contributed by atoms with E-state index >= 15 is 0 Å². The van der Waals surface area contributed by atoms with E-state index in [1.807, 2.05) is 30.3 Å². The summed E-state index contributed by atoms with van der Waals surface area (Å²) in [5.41, 5.74) is 6.46. The highest BCUT2D eigenvalue weighted by atomic mass is 16.5. The number of benzene rings is 1. The van der Waals surface area contributed by atoms with Gasteiger partial charge in [-0.2, -0.15) is 0 Å². The van der Waals surface area contributed by atoms with Crippen LogP contribution in [0.1, 0.15) is 24.8 Å². The predicted octanol–water partition coefficient (Wildman–Crippen LogP) is 1.45. The second-order valence-electron chi connectivity index (χ2n) is 4.13. The van der Waals surface area contributed by atoms with Crippen LogP contribution in [0.15, 0.2) is 30.3 Å². The van der Waals surface area contributed by atoms with E-state index < -0.39 is 0 Å². The van der Waals surface area contributed by atoms with Crippen molar-refractivity contribution in [2.45, 2.75) is 25.9 Å². The van der Waals surface area contributed by atoms with Crippen molar-refractivity contribution in [1.82, 2.24) is 5.32 Å². The Balaban J connectivity index is 1.92. The molecule has 0 aliphatic carbocycles. The average Bonchev–Trinajstić information content (AvgIpc) is 2.39. The number of carbonyl (C=O) groups excluding carboxylic acids is 1. The maximum absolute atomic E-state index is 11.1. The number of ether oxygens (including phenoxy) is 1. The van der Waals surface area contributed by atoms with E-state index in [-0.39, 0.29) is 5.91 Å². The number of rotatable bonds is 9. The van der Waals surface area contributed by atoms with Gasteiger partial charge in [-0.15, -0.1) is 0 Å². The SMILES string of the molecule is NCCC(=O)NCCCCOCc1ccccc1. The molecule has 100 valence electrons. The van der Waals surface area contributed by atoms with Crippen LogP contribution < -0.4 is 11.1 Å². The summed E-state index contributed by atoms with van der Waals surface area (Å²) < 4.78 is 5.54. The zero-order valence-electron chi connectivity index (χ0n) is 10.7. The highest BCUT2D eigenvalue weighted by Gasteiger charge is 1.97. The summed E-state index contributed by atoms with van der Waals surface area (Å²) >= 11 is 0. The van der Waals surface area contributed by atoms with Crippen LogP contribution >= 0.6 is 0 Å². The van der Waals surface area contributed by atoms with Gasteiger partial charge >= 0.3 is 0 Å². The fraction of sp³-hybridized carbons (Fsp3) is 0.500. The quantitative estimate of drug-likeness (QED) is 0.652. The summed E-state index contributed by atoms with van der Waals surface area (Å²) in [5.74, 6) is 0.0303. The summed E-state index contributed by atoms with van der Waals surface area (Å²) in [4.78, 5) is 11.1. The molecule has 3 N–H and O–H groups in total. The number of nitrogens with one attached hydrogen (secondary N) is 1. The topological polar surface area (TPSA) is 64.4 Å². The first-order chi connectivity index (χ1) is 8.83. The minimum Gasteiger partial charge on any atom is -0.377 e. The summed E-state index contributed by atoms with van der Waals surface area (Å²) in [5, 5.41) is 2.82. The van der Waals surface area contributed by atoms with Gasteiger partial charge in [0.1, 0.15) is 0 Å². The molecule has 1 rings (SSSR count). The van der Waals surface area contributed by atoms with Gasteiger partial charge in [-0.1, -0.05) is 30.3 Å². The minimum absolute atomic E-state index is 0.0303. The van der Waals surface area contributed by atoms with Crippen molar-refractivity contribution < 1.29 is 9.53 Å². The van der Waals surface area contributed by atoms with Crippen LogP contribution in [0.5, 0.6) is 0 Å². The van der Waals surface area contributed by atoms with Crippen molar-refractivity contribution in [3.8, 4) is 0 Å². The zero-order chi connectivity index (χ0) is 13.1. The number of amides is 1. The van der Waals surface area contributed by atoms with E-state index in [2.05, 4.69) is 5.32 Å². The van der Waals surface area contributed by atoms with Crippen molar-refractivity contribution in [2.75, 3.05) is 19.7 Å². The molecule has 0 heterocycles. The number of nitrogens with two attached hydrogens (primary N) is 1. The Kier molecular flexibility index (Phi) is 7.84. The van der Waals surface area contributed by atoms with Crippen LogP contribution in [-0.2, 0) is 16.1 Å². The van der Waals surface area contributed by atoms with Crippen LogP contribution in [0.4, 0.5) is 0 Å². The smallest absolute Gasteiger partial charge is 0.221 e. The van der Waals surface area contributed by atoms with E-state index in [1.54, 1.807) is 0 Å². The Morgan fingerprint density at radius 3 is 2.72 bits per heavy atom. The maximum atomic E-state index is 11.1. The highest BCUT2D eigenvalue weighted by Crippen LogP contribution is 2.01. The summed E-state index contributed by atoms with van der Waals surface area (Å²) in [6.07, 6.45) is 2.30. The molecule has 0 spiro atoms. The number of unbranched alkanes of at least 4 members (excludes halogenated alkanes) is 1. The Bertz CT molecular complexity index is 328. The third kappa shape index (κ3) is 7.04. The molecule has 0 saturated heterocycles. The van der Waals surface area contributed by atoms with E-state index in [9.17, 15) is 4.79 Å². The van der Waals surface area contributed by atoms with Crippen LogP contribution in [0, 0.1) is 0 Å². The lowest BCUT2D eigenvalue weighted by Crippen LogP contribution is -2.26. The molecule has 4 nitrogen and oxygen atoms in total. The summed E-state index contributed by atoms with van der Waals surface area (Å²) in [6.45, 7) is 2.49. The number of carbonyl (C=O) groups is 1. The fourth-order valence-corrected chi connectivity index (χ4v) is 1.54. The molecular weight excluding hydrogens is 228 g/mol. The third-order valence-corrected chi connectivity index (χ3v) is 2.52. The Labute approximate surface area is 109 Å². The lowest BCUT2D eigenvalue weighted by Gasteiger charge is -2.05. The second-order valence-corrected chi connectivity index (χ2v) is 4.13. The van der Waals surface area contributed by atoms with E-state index in [4.69, 9.17) is 10.5 Å². The van der Waals surface area contributed by atoms with E-state index in [0.29, 0.717) is 26.1 Å². The first-order valence-corrected chi connectivity index (χ1v) is 6.41. The standard InChI is InChI=1S/C14H22N2O2/c15-9-8-14(17)16-10-4-5-11-18-12-13-6-2-1-3-7-13/h1-3,6-7H,4-5,8-12,15H2,(H,16,17). The van der Waals surface area contributed by atoms with Gasteiger partial charge in [0, 0.05) is 26.1 Å². The van der Waals surface area contributed by atoms with Gasteiger partial charge in [-0.05, 0) is 18.4 Å². The van der Waals surface area contributed by atoms with Crippen molar-refractivity contribution in [1.29, 1.82) is 0 Å². The first-order valence-electron chi connectivity index (χ1n) is 6.41. The summed E-state index contributed by atoms with van der Waals surface area (Å²) in [6, 6.07) is 10.1. The van der Waals surface area contributed by atoms with Crippen LogP contribution in [0.25, 0.3) is 0 Å². The molecule has 0 aliphatic heterocycles. The van der Waals surface area contributed by atoms with Gasteiger partial charge in [-0.3, -0.25) is 4.79 Å². The second kappa shape index (κ2) is 9.62. The normalized spacial score (nSPS) is 10.3. The molecule has 0 aliphatic rings. The van der Waals surface area contributed by atoms with Crippen molar-refractivity contribution >= 4 is 5.91 Å². The van der Waals surface area contributed by atoms with Gasteiger partial charge in [0.15, 0.2) is 0 Å².